The van der Waals surface area contributed by atoms with Crippen LogP contribution in [0.25, 0.3) is 0 Å². The summed E-state index contributed by atoms with van der Waals surface area (Å²) in [7, 11) is 0. The SMILES string of the molecule is O[C@H](C[C@H]1CCCCC[C@H]1O)c1ccccc1. The van der Waals surface area contributed by atoms with Crippen LogP contribution >= 0.6 is 0 Å². The molecule has 0 heterocycles. The molecule has 17 heavy (non-hydrogen) atoms. The van der Waals surface area contributed by atoms with Crippen LogP contribution in [0.5, 0.6) is 0 Å². The highest BCUT2D eigenvalue weighted by Gasteiger charge is 2.24. The molecule has 0 aromatic heterocycles. The average molecular weight is 234 g/mol. The zero-order valence-electron chi connectivity index (χ0n) is 10.3. The summed E-state index contributed by atoms with van der Waals surface area (Å²) in [4.78, 5) is 0. The van der Waals surface area contributed by atoms with Crippen molar-refractivity contribution < 1.29 is 10.2 Å². The second kappa shape index (κ2) is 6.18. The Hall–Kier alpha value is -0.860. The number of aliphatic hydroxyl groups excluding tert-OH is 2. The molecule has 3 atom stereocenters. The first kappa shape index (κ1) is 12.6. The number of aliphatic hydroxyl groups is 2. The molecule has 1 aromatic carbocycles. The molecule has 2 nitrogen and oxygen atoms in total. The summed E-state index contributed by atoms with van der Waals surface area (Å²) in [6, 6.07) is 9.75. The van der Waals surface area contributed by atoms with Crippen LogP contribution < -0.4 is 0 Å². The zero-order valence-corrected chi connectivity index (χ0v) is 10.3. The quantitative estimate of drug-likeness (QED) is 0.789. The van der Waals surface area contributed by atoms with Crippen LogP contribution in [0.1, 0.15) is 50.2 Å². The summed E-state index contributed by atoms with van der Waals surface area (Å²) in [6.45, 7) is 0. The van der Waals surface area contributed by atoms with Gasteiger partial charge in [0.15, 0.2) is 0 Å². The summed E-state index contributed by atoms with van der Waals surface area (Å²) < 4.78 is 0. The largest absolute Gasteiger partial charge is 0.393 e. The van der Waals surface area contributed by atoms with Gasteiger partial charge in [0.05, 0.1) is 12.2 Å². The molecule has 1 fully saturated rings. The lowest BCUT2D eigenvalue weighted by Crippen LogP contribution is -2.21. The summed E-state index contributed by atoms with van der Waals surface area (Å²) in [5.41, 5.74) is 0.962. The van der Waals surface area contributed by atoms with E-state index in [0.717, 1.165) is 24.8 Å². The Morgan fingerprint density at radius 1 is 1.06 bits per heavy atom. The van der Waals surface area contributed by atoms with E-state index in [9.17, 15) is 10.2 Å². The molecule has 0 saturated heterocycles. The maximum Gasteiger partial charge on any atom is 0.0793 e. The third-order valence-electron chi connectivity index (χ3n) is 3.83. The molecule has 2 rings (SSSR count). The second-order valence-electron chi connectivity index (χ2n) is 5.13. The minimum absolute atomic E-state index is 0.226. The third-order valence-corrected chi connectivity index (χ3v) is 3.83. The van der Waals surface area contributed by atoms with Gasteiger partial charge in [-0.15, -0.1) is 0 Å². The van der Waals surface area contributed by atoms with Crippen molar-refractivity contribution in [2.45, 2.75) is 50.7 Å². The van der Waals surface area contributed by atoms with E-state index in [1.165, 1.54) is 12.8 Å². The van der Waals surface area contributed by atoms with Crippen molar-refractivity contribution in [3.05, 3.63) is 35.9 Å². The van der Waals surface area contributed by atoms with Gasteiger partial charge in [0, 0.05) is 0 Å². The van der Waals surface area contributed by atoms with Crippen molar-refractivity contribution >= 4 is 0 Å². The van der Waals surface area contributed by atoms with Crippen molar-refractivity contribution in [2.75, 3.05) is 0 Å². The molecule has 0 aliphatic heterocycles. The Morgan fingerprint density at radius 2 is 1.76 bits per heavy atom. The summed E-state index contributed by atoms with van der Waals surface area (Å²) in [5, 5.41) is 20.2. The van der Waals surface area contributed by atoms with Crippen LogP contribution in [-0.2, 0) is 0 Å². The molecular formula is C15H22O2. The van der Waals surface area contributed by atoms with E-state index < -0.39 is 6.10 Å². The minimum Gasteiger partial charge on any atom is -0.393 e. The summed E-state index contributed by atoms with van der Waals surface area (Å²) in [5.74, 6) is 0.257. The maximum absolute atomic E-state index is 10.2. The maximum atomic E-state index is 10.2. The van der Waals surface area contributed by atoms with E-state index in [0.29, 0.717) is 6.42 Å². The highest BCUT2D eigenvalue weighted by Crippen LogP contribution is 2.31. The van der Waals surface area contributed by atoms with Gasteiger partial charge in [-0.2, -0.15) is 0 Å². The van der Waals surface area contributed by atoms with Crippen molar-refractivity contribution in [2.24, 2.45) is 5.92 Å². The second-order valence-corrected chi connectivity index (χ2v) is 5.13. The predicted molar refractivity (Wildman–Crippen MR) is 68.6 cm³/mol. The van der Waals surface area contributed by atoms with Gasteiger partial charge in [-0.25, -0.2) is 0 Å². The van der Waals surface area contributed by atoms with Gasteiger partial charge < -0.3 is 10.2 Å². The molecule has 1 aliphatic carbocycles. The molecule has 1 aromatic rings. The van der Waals surface area contributed by atoms with E-state index in [2.05, 4.69) is 0 Å². The average Bonchev–Trinajstić information content (AvgIpc) is 2.56. The van der Waals surface area contributed by atoms with E-state index in [4.69, 9.17) is 0 Å². The van der Waals surface area contributed by atoms with E-state index in [1.807, 2.05) is 30.3 Å². The fourth-order valence-electron chi connectivity index (χ4n) is 2.74. The standard InChI is InChI=1S/C15H22O2/c16-14-10-6-2-5-9-13(14)11-15(17)12-7-3-1-4-8-12/h1,3-4,7-8,13-17H,2,5-6,9-11H2/t13-,14-,15-/m1/s1. The van der Waals surface area contributed by atoms with Crippen molar-refractivity contribution in [3.8, 4) is 0 Å². The predicted octanol–water partition coefficient (Wildman–Crippen LogP) is 3.05. The topological polar surface area (TPSA) is 40.5 Å². The molecular weight excluding hydrogens is 212 g/mol. The lowest BCUT2D eigenvalue weighted by atomic mass is 9.89. The first-order valence-corrected chi connectivity index (χ1v) is 6.68. The van der Waals surface area contributed by atoms with Gasteiger partial charge >= 0.3 is 0 Å². The van der Waals surface area contributed by atoms with Crippen molar-refractivity contribution in [1.82, 2.24) is 0 Å². The molecule has 1 aliphatic rings. The first-order chi connectivity index (χ1) is 8.27. The number of hydrogen-bond donors (Lipinski definition) is 2. The van der Waals surface area contributed by atoms with Gasteiger partial charge in [-0.3, -0.25) is 0 Å². The van der Waals surface area contributed by atoms with Crippen LogP contribution in [0.15, 0.2) is 30.3 Å². The smallest absolute Gasteiger partial charge is 0.0793 e. The monoisotopic (exact) mass is 234 g/mol. The fraction of sp³-hybridized carbons (Fsp3) is 0.600. The van der Waals surface area contributed by atoms with Crippen molar-refractivity contribution in [1.29, 1.82) is 0 Å². The first-order valence-electron chi connectivity index (χ1n) is 6.68. The van der Waals surface area contributed by atoms with Crippen LogP contribution in [0.2, 0.25) is 0 Å². The van der Waals surface area contributed by atoms with E-state index >= 15 is 0 Å². The molecule has 94 valence electrons. The molecule has 0 spiro atoms. The Labute approximate surface area is 103 Å². The normalized spacial score (nSPS) is 27.4. The number of hydrogen-bond acceptors (Lipinski definition) is 2. The number of rotatable bonds is 3. The van der Waals surface area contributed by atoms with E-state index in [1.54, 1.807) is 0 Å². The van der Waals surface area contributed by atoms with Gasteiger partial charge in [-0.05, 0) is 30.7 Å². The third kappa shape index (κ3) is 3.55. The van der Waals surface area contributed by atoms with Crippen LogP contribution in [0.3, 0.4) is 0 Å². The molecule has 1 saturated carbocycles. The van der Waals surface area contributed by atoms with Gasteiger partial charge in [-0.1, -0.05) is 49.6 Å². The highest BCUT2D eigenvalue weighted by atomic mass is 16.3. The van der Waals surface area contributed by atoms with Crippen LogP contribution in [0.4, 0.5) is 0 Å². The van der Waals surface area contributed by atoms with Gasteiger partial charge in [0.2, 0.25) is 0 Å². The lowest BCUT2D eigenvalue weighted by molar-refractivity contribution is 0.0565. The zero-order chi connectivity index (χ0) is 12.1. The summed E-state index contributed by atoms with van der Waals surface area (Å²) >= 11 is 0. The highest BCUT2D eigenvalue weighted by molar-refractivity contribution is 5.17. The minimum atomic E-state index is -0.436. The molecule has 0 bridgehead atoms. The molecule has 2 N–H and O–H groups in total. The Bertz CT molecular complexity index is 323. The molecule has 0 radical (unpaired) electrons. The van der Waals surface area contributed by atoms with Gasteiger partial charge in [0.25, 0.3) is 0 Å². The van der Waals surface area contributed by atoms with Crippen LogP contribution in [-0.4, -0.2) is 16.3 Å². The Balaban J connectivity index is 1.95. The molecule has 2 heteroatoms. The molecule has 0 unspecified atom stereocenters. The number of benzene rings is 1. The Morgan fingerprint density at radius 3 is 2.53 bits per heavy atom. The molecule has 0 amide bonds. The van der Waals surface area contributed by atoms with Crippen LogP contribution in [0, 0.1) is 5.92 Å². The Kier molecular flexibility index (Phi) is 4.57. The summed E-state index contributed by atoms with van der Waals surface area (Å²) in [6.07, 6.45) is 5.49. The lowest BCUT2D eigenvalue weighted by Gasteiger charge is -2.23. The van der Waals surface area contributed by atoms with E-state index in [-0.39, 0.29) is 12.0 Å². The van der Waals surface area contributed by atoms with Crippen molar-refractivity contribution in [3.63, 3.8) is 0 Å². The fourth-order valence-corrected chi connectivity index (χ4v) is 2.74. The van der Waals surface area contributed by atoms with Gasteiger partial charge in [0.1, 0.15) is 0 Å².